The highest BCUT2D eigenvalue weighted by Crippen LogP contribution is 2.24. The Kier molecular flexibility index (Phi) is 4.31. The maximum absolute atomic E-state index is 12.1. The first kappa shape index (κ1) is 13.0. The molecule has 1 aromatic heterocycles. The Hall–Kier alpha value is -1.42. The molecule has 0 bridgehead atoms. The first-order valence-electron chi connectivity index (χ1n) is 6.62. The van der Waals surface area contributed by atoms with Crippen molar-refractivity contribution >= 4 is 5.91 Å². The number of carbonyl (C=O) groups is 1. The minimum atomic E-state index is 0.0265. The van der Waals surface area contributed by atoms with Crippen molar-refractivity contribution in [3.05, 3.63) is 30.1 Å². The lowest BCUT2D eigenvalue weighted by Crippen LogP contribution is -2.38. The summed E-state index contributed by atoms with van der Waals surface area (Å²) in [5.74, 6) is 0.215. The van der Waals surface area contributed by atoms with Crippen LogP contribution in [0, 0.1) is 5.92 Å². The normalized spacial score (nSPS) is 25.4. The van der Waals surface area contributed by atoms with E-state index >= 15 is 0 Å². The zero-order chi connectivity index (χ0) is 13.0. The monoisotopic (exact) mass is 247 g/mol. The number of rotatable bonds is 3. The zero-order valence-corrected chi connectivity index (χ0v) is 10.8. The van der Waals surface area contributed by atoms with Crippen LogP contribution in [0.2, 0.25) is 0 Å². The molecular formula is C14H21N3O. The minimum Gasteiger partial charge on any atom is -0.349 e. The van der Waals surface area contributed by atoms with Gasteiger partial charge in [0, 0.05) is 24.4 Å². The van der Waals surface area contributed by atoms with Crippen LogP contribution in [0.25, 0.3) is 0 Å². The highest BCUT2D eigenvalue weighted by molar-refractivity contribution is 5.79. The lowest BCUT2D eigenvalue weighted by Gasteiger charge is -2.27. The van der Waals surface area contributed by atoms with Gasteiger partial charge in [-0.05, 0) is 43.9 Å². The molecule has 1 amide bonds. The van der Waals surface area contributed by atoms with E-state index in [9.17, 15) is 4.79 Å². The fourth-order valence-electron chi connectivity index (χ4n) is 2.53. The summed E-state index contributed by atoms with van der Waals surface area (Å²) in [4.78, 5) is 16.1. The van der Waals surface area contributed by atoms with Crippen molar-refractivity contribution in [3.63, 3.8) is 0 Å². The standard InChI is InChI=1S/C14H21N3O/c1-10(11-5-7-16-8-6-11)17-14(18)12-3-2-4-13(15)9-12/h5-8,10,12-13H,2-4,9,15H2,1H3,(H,17,18)/t10-,12?,13?/m1/s1. The molecular weight excluding hydrogens is 226 g/mol. The molecule has 3 atom stereocenters. The molecule has 4 heteroatoms. The molecule has 2 rings (SSSR count). The molecule has 1 fully saturated rings. The number of nitrogens with one attached hydrogen (secondary N) is 1. The summed E-state index contributed by atoms with van der Waals surface area (Å²) in [6.45, 7) is 2.00. The van der Waals surface area contributed by atoms with E-state index in [-0.39, 0.29) is 23.9 Å². The number of amides is 1. The van der Waals surface area contributed by atoms with E-state index in [4.69, 9.17) is 5.73 Å². The molecule has 0 saturated heterocycles. The smallest absolute Gasteiger partial charge is 0.223 e. The van der Waals surface area contributed by atoms with Gasteiger partial charge in [0.05, 0.1) is 6.04 Å². The van der Waals surface area contributed by atoms with Gasteiger partial charge in [0.15, 0.2) is 0 Å². The van der Waals surface area contributed by atoms with Crippen LogP contribution in [-0.2, 0) is 4.79 Å². The second-order valence-corrected chi connectivity index (χ2v) is 5.13. The predicted molar refractivity (Wildman–Crippen MR) is 70.7 cm³/mol. The molecule has 3 N–H and O–H groups in total. The summed E-state index contributed by atoms with van der Waals surface area (Å²) < 4.78 is 0. The summed E-state index contributed by atoms with van der Waals surface area (Å²) in [5.41, 5.74) is 7.00. The van der Waals surface area contributed by atoms with Crippen molar-refractivity contribution in [3.8, 4) is 0 Å². The van der Waals surface area contributed by atoms with E-state index in [0.29, 0.717) is 0 Å². The Labute approximate surface area is 108 Å². The number of pyridine rings is 1. The van der Waals surface area contributed by atoms with E-state index in [1.807, 2.05) is 19.1 Å². The lowest BCUT2D eigenvalue weighted by atomic mass is 9.85. The van der Waals surface area contributed by atoms with Crippen LogP contribution in [0.5, 0.6) is 0 Å². The van der Waals surface area contributed by atoms with E-state index in [2.05, 4.69) is 10.3 Å². The SMILES string of the molecule is C[C@@H](NC(=O)C1CCCC(N)C1)c1ccncc1. The van der Waals surface area contributed by atoms with Gasteiger partial charge in [0.25, 0.3) is 0 Å². The van der Waals surface area contributed by atoms with Crippen molar-refractivity contribution in [2.75, 3.05) is 0 Å². The van der Waals surface area contributed by atoms with Gasteiger partial charge in [-0.3, -0.25) is 9.78 Å². The van der Waals surface area contributed by atoms with Crippen molar-refractivity contribution in [1.82, 2.24) is 10.3 Å². The summed E-state index contributed by atoms with van der Waals surface area (Å²) in [5, 5.41) is 3.06. The zero-order valence-electron chi connectivity index (χ0n) is 10.8. The molecule has 1 aliphatic rings. The van der Waals surface area contributed by atoms with E-state index in [0.717, 1.165) is 31.2 Å². The molecule has 98 valence electrons. The Bertz CT molecular complexity index is 393. The molecule has 18 heavy (non-hydrogen) atoms. The Morgan fingerprint density at radius 2 is 2.17 bits per heavy atom. The van der Waals surface area contributed by atoms with Crippen molar-refractivity contribution in [2.24, 2.45) is 11.7 Å². The van der Waals surface area contributed by atoms with Gasteiger partial charge in [-0.2, -0.15) is 0 Å². The number of carbonyl (C=O) groups excluding carboxylic acids is 1. The molecule has 1 heterocycles. The van der Waals surface area contributed by atoms with Crippen LogP contribution >= 0.6 is 0 Å². The summed E-state index contributed by atoms with van der Waals surface area (Å²) in [6, 6.07) is 4.07. The fourth-order valence-corrected chi connectivity index (χ4v) is 2.53. The predicted octanol–water partition coefficient (Wildman–Crippen LogP) is 1.78. The Morgan fingerprint density at radius 3 is 2.83 bits per heavy atom. The van der Waals surface area contributed by atoms with E-state index in [1.54, 1.807) is 12.4 Å². The number of nitrogens with zero attached hydrogens (tertiary/aromatic N) is 1. The molecule has 0 spiro atoms. The van der Waals surface area contributed by atoms with Crippen molar-refractivity contribution < 1.29 is 4.79 Å². The van der Waals surface area contributed by atoms with Crippen LogP contribution in [0.4, 0.5) is 0 Å². The Balaban J connectivity index is 1.91. The molecule has 1 aliphatic carbocycles. The van der Waals surface area contributed by atoms with Gasteiger partial charge in [-0.15, -0.1) is 0 Å². The minimum absolute atomic E-state index is 0.0265. The number of hydrogen-bond donors (Lipinski definition) is 2. The summed E-state index contributed by atoms with van der Waals surface area (Å²) >= 11 is 0. The van der Waals surface area contributed by atoms with Gasteiger partial charge >= 0.3 is 0 Å². The molecule has 0 aromatic carbocycles. The van der Waals surface area contributed by atoms with Gasteiger partial charge in [-0.25, -0.2) is 0 Å². The summed E-state index contributed by atoms with van der Waals surface area (Å²) in [7, 11) is 0. The molecule has 1 aromatic rings. The topological polar surface area (TPSA) is 68.0 Å². The summed E-state index contributed by atoms with van der Waals surface area (Å²) in [6.07, 6.45) is 7.37. The van der Waals surface area contributed by atoms with Crippen LogP contribution in [0.1, 0.15) is 44.2 Å². The lowest BCUT2D eigenvalue weighted by molar-refractivity contribution is -0.126. The van der Waals surface area contributed by atoms with Gasteiger partial charge < -0.3 is 11.1 Å². The molecule has 0 radical (unpaired) electrons. The largest absolute Gasteiger partial charge is 0.349 e. The average molecular weight is 247 g/mol. The third kappa shape index (κ3) is 3.29. The van der Waals surface area contributed by atoms with Gasteiger partial charge in [0.1, 0.15) is 0 Å². The molecule has 1 saturated carbocycles. The first-order valence-corrected chi connectivity index (χ1v) is 6.62. The molecule has 2 unspecified atom stereocenters. The highest BCUT2D eigenvalue weighted by atomic mass is 16.1. The van der Waals surface area contributed by atoms with E-state index in [1.165, 1.54) is 0 Å². The van der Waals surface area contributed by atoms with Crippen LogP contribution in [0.3, 0.4) is 0 Å². The highest BCUT2D eigenvalue weighted by Gasteiger charge is 2.26. The van der Waals surface area contributed by atoms with Crippen LogP contribution in [-0.4, -0.2) is 16.9 Å². The maximum Gasteiger partial charge on any atom is 0.223 e. The second-order valence-electron chi connectivity index (χ2n) is 5.13. The molecule has 0 aliphatic heterocycles. The van der Waals surface area contributed by atoms with Crippen molar-refractivity contribution in [1.29, 1.82) is 0 Å². The van der Waals surface area contributed by atoms with Crippen molar-refractivity contribution in [2.45, 2.75) is 44.7 Å². The number of aromatic nitrogens is 1. The first-order chi connectivity index (χ1) is 8.66. The fraction of sp³-hybridized carbons (Fsp3) is 0.571. The van der Waals surface area contributed by atoms with Gasteiger partial charge in [0.2, 0.25) is 5.91 Å². The van der Waals surface area contributed by atoms with Crippen LogP contribution < -0.4 is 11.1 Å². The quantitative estimate of drug-likeness (QED) is 0.855. The third-order valence-corrected chi connectivity index (χ3v) is 3.65. The Morgan fingerprint density at radius 1 is 1.44 bits per heavy atom. The third-order valence-electron chi connectivity index (χ3n) is 3.65. The second kappa shape index (κ2) is 5.96. The molecule has 4 nitrogen and oxygen atoms in total. The number of hydrogen-bond acceptors (Lipinski definition) is 3. The maximum atomic E-state index is 12.1. The van der Waals surface area contributed by atoms with Gasteiger partial charge in [-0.1, -0.05) is 6.42 Å². The van der Waals surface area contributed by atoms with Crippen LogP contribution in [0.15, 0.2) is 24.5 Å². The number of nitrogens with two attached hydrogens (primary N) is 1. The average Bonchev–Trinajstić information content (AvgIpc) is 2.39. The van der Waals surface area contributed by atoms with E-state index < -0.39 is 0 Å².